The maximum Gasteiger partial charge on any atom is 0.218 e. The third-order valence-electron chi connectivity index (χ3n) is 5.03. The minimum atomic E-state index is 0.288. The monoisotopic (exact) mass is 413 g/mol. The average molecular weight is 414 g/mol. The van der Waals surface area contributed by atoms with Crippen LogP contribution in [0.3, 0.4) is 0 Å². The molecule has 1 atom stereocenters. The number of rotatable bonds is 8. The average Bonchev–Trinajstić information content (AvgIpc) is 3.26. The minimum Gasteiger partial charge on any atom is -0.497 e. The highest BCUT2D eigenvalue weighted by Gasteiger charge is 2.24. The van der Waals surface area contributed by atoms with Gasteiger partial charge in [-0.2, -0.15) is 0 Å². The zero-order chi connectivity index (χ0) is 21.3. The molecule has 8 nitrogen and oxygen atoms in total. The summed E-state index contributed by atoms with van der Waals surface area (Å²) in [4.78, 5) is 11.3. The zero-order valence-corrected chi connectivity index (χ0v) is 18.1. The molecule has 0 amide bonds. The lowest BCUT2D eigenvalue weighted by Crippen LogP contribution is -2.44. The topological polar surface area (TPSA) is 80.2 Å². The van der Waals surface area contributed by atoms with E-state index >= 15 is 0 Å². The number of nitrogens with one attached hydrogen (secondary N) is 2. The third kappa shape index (κ3) is 5.46. The van der Waals surface area contributed by atoms with Gasteiger partial charge < -0.3 is 29.7 Å². The Bertz CT molecular complexity index is 836. The lowest BCUT2D eigenvalue weighted by Gasteiger charge is -2.21. The number of guanidine groups is 1. The molecule has 0 radical (unpaired) electrons. The molecule has 1 unspecified atom stereocenters. The normalized spacial score (nSPS) is 16.3. The summed E-state index contributed by atoms with van der Waals surface area (Å²) in [6.45, 7) is 5.17. The second-order valence-electron chi connectivity index (χ2n) is 7.01. The van der Waals surface area contributed by atoms with Crippen LogP contribution >= 0.6 is 0 Å². The van der Waals surface area contributed by atoms with Gasteiger partial charge in [0.05, 0.1) is 27.9 Å². The number of methoxy groups -OCH3 is 3. The maximum absolute atomic E-state index is 5.41. The lowest BCUT2D eigenvalue weighted by atomic mass is 10.2. The fourth-order valence-electron chi connectivity index (χ4n) is 3.49. The largest absolute Gasteiger partial charge is 0.497 e. The number of anilines is 1. The lowest BCUT2D eigenvalue weighted by molar-refractivity contribution is 0.392. The fourth-order valence-corrected chi connectivity index (χ4v) is 3.49. The molecule has 0 bridgehead atoms. The van der Waals surface area contributed by atoms with E-state index in [9.17, 15) is 0 Å². The number of aromatic nitrogens is 1. The molecule has 1 fully saturated rings. The minimum absolute atomic E-state index is 0.288. The van der Waals surface area contributed by atoms with Gasteiger partial charge in [-0.1, -0.05) is 6.07 Å². The summed E-state index contributed by atoms with van der Waals surface area (Å²) >= 11 is 0. The predicted octanol–water partition coefficient (Wildman–Crippen LogP) is 2.44. The Labute approximate surface area is 178 Å². The molecule has 3 rings (SSSR count). The van der Waals surface area contributed by atoms with Crippen molar-refractivity contribution in [2.24, 2.45) is 4.99 Å². The predicted molar refractivity (Wildman–Crippen MR) is 119 cm³/mol. The van der Waals surface area contributed by atoms with Crippen LogP contribution in [0.2, 0.25) is 0 Å². The molecule has 0 saturated carbocycles. The summed E-state index contributed by atoms with van der Waals surface area (Å²) in [5, 5.41) is 6.88. The smallest absolute Gasteiger partial charge is 0.218 e. The van der Waals surface area contributed by atoms with Crippen LogP contribution in [0.5, 0.6) is 17.4 Å². The van der Waals surface area contributed by atoms with E-state index in [1.54, 1.807) is 27.5 Å². The van der Waals surface area contributed by atoms with Gasteiger partial charge in [0.1, 0.15) is 11.5 Å². The van der Waals surface area contributed by atoms with Crippen LogP contribution in [-0.2, 0) is 6.54 Å². The van der Waals surface area contributed by atoms with Crippen LogP contribution in [0.15, 0.2) is 41.5 Å². The Morgan fingerprint density at radius 1 is 1.17 bits per heavy atom. The number of nitrogens with zero attached hydrogens (tertiary/aromatic N) is 3. The third-order valence-corrected chi connectivity index (χ3v) is 5.03. The van der Waals surface area contributed by atoms with Crippen molar-refractivity contribution in [3.63, 3.8) is 0 Å². The molecule has 0 aliphatic carbocycles. The van der Waals surface area contributed by atoms with Gasteiger partial charge in [0, 0.05) is 61.3 Å². The molecule has 1 aliphatic heterocycles. The van der Waals surface area contributed by atoms with Crippen molar-refractivity contribution in [1.29, 1.82) is 0 Å². The molecule has 2 aromatic rings. The fraction of sp³-hybridized carbons (Fsp3) is 0.455. The number of ether oxygens (including phenoxy) is 3. The van der Waals surface area contributed by atoms with Gasteiger partial charge in [-0.15, -0.1) is 0 Å². The van der Waals surface area contributed by atoms with E-state index in [4.69, 9.17) is 19.2 Å². The molecular formula is C22H31N5O3. The van der Waals surface area contributed by atoms with Crippen LogP contribution < -0.4 is 29.7 Å². The highest BCUT2D eigenvalue weighted by atomic mass is 16.5. The van der Waals surface area contributed by atoms with Crippen molar-refractivity contribution in [1.82, 2.24) is 15.6 Å². The molecule has 30 heavy (non-hydrogen) atoms. The first kappa shape index (κ1) is 21.5. The number of aliphatic imine (C=N–C) groups is 1. The van der Waals surface area contributed by atoms with Crippen LogP contribution in [0.1, 0.15) is 18.9 Å². The van der Waals surface area contributed by atoms with Gasteiger partial charge in [0.25, 0.3) is 0 Å². The standard InChI is InChI=1S/C22H31N5O3/c1-5-23-22(25-14-16-7-6-9-24-21(16)30-4)26-17-8-10-27(15-17)18-11-19(28-2)13-20(12-18)29-3/h6-7,9,11-13,17H,5,8,10,14-15H2,1-4H3,(H2,23,25,26). The van der Waals surface area contributed by atoms with E-state index in [-0.39, 0.29) is 6.04 Å². The van der Waals surface area contributed by atoms with Gasteiger partial charge in [-0.25, -0.2) is 9.98 Å². The summed E-state index contributed by atoms with van der Waals surface area (Å²) in [6, 6.07) is 10.1. The van der Waals surface area contributed by atoms with Gasteiger partial charge in [-0.05, 0) is 19.4 Å². The second-order valence-corrected chi connectivity index (χ2v) is 7.01. The van der Waals surface area contributed by atoms with E-state index in [1.165, 1.54) is 0 Å². The van der Waals surface area contributed by atoms with Crippen LogP contribution in [0, 0.1) is 0 Å². The molecule has 2 N–H and O–H groups in total. The molecule has 1 aliphatic rings. The SMILES string of the molecule is CCNC(=NCc1cccnc1OC)NC1CCN(c2cc(OC)cc(OC)c2)C1. The molecule has 1 aromatic heterocycles. The Hall–Kier alpha value is -3.16. The highest BCUT2D eigenvalue weighted by molar-refractivity contribution is 5.80. The molecule has 8 heteroatoms. The molecule has 1 saturated heterocycles. The second kappa shape index (κ2) is 10.6. The van der Waals surface area contributed by atoms with Crippen LogP contribution in [-0.4, -0.2) is 57.9 Å². The molecule has 2 heterocycles. The van der Waals surface area contributed by atoms with Crippen molar-refractivity contribution >= 4 is 11.6 Å². The quantitative estimate of drug-likeness (QED) is 0.508. The van der Waals surface area contributed by atoms with Gasteiger partial charge in [-0.3, -0.25) is 0 Å². The summed E-state index contributed by atoms with van der Waals surface area (Å²) in [5.41, 5.74) is 2.05. The number of hydrogen-bond donors (Lipinski definition) is 2. The zero-order valence-electron chi connectivity index (χ0n) is 18.1. The molecule has 1 aromatic carbocycles. The summed E-state index contributed by atoms with van der Waals surface area (Å²) in [7, 11) is 4.96. The number of pyridine rings is 1. The Morgan fingerprint density at radius 2 is 1.93 bits per heavy atom. The Morgan fingerprint density at radius 3 is 2.60 bits per heavy atom. The van der Waals surface area contributed by atoms with Crippen molar-refractivity contribution in [3.8, 4) is 17.4 Å². The highest BCUT2D eigenvalue weighted by Crippen LogP contribution is 2.30. The summed E-state index contributed by atoms with van der Waals surface area (Å²) in [6.07, 6.45) is 2.73. The van der Waals surface area contributed by atoms with E-state index in [0.717, 1.165) is 54.8 Å². The Balaban J connectivity index is 1.66. The van der Waals surface area contributed by atoms with E-state index in [2.05, 4.69) is 27.4 Å². The van der Waals surface area contributed by atoms with Crippen LogP contribution in [0.25, 0.3) is 0 Å². The molecule has 0 spiro atoms. The molecule has 162 valence electrons. The van der Waals surface area contributed by atoms with Crippen molar-refractivity contribution in [3.05, 3.63) is 42.1 Å². The van der Waals surface area contributed by atoms with E-state index in [0.29, 0.717) is 12.4 Å². The summed E-state index contributed by atoms with van der Waals surface area (Å²) < 4.78 is 16.1. The van der Waals surface area contributed by atoms with E-state index in [1.807, 2.05) is 30.3 Å². The number of benzene rings is 1. The molecular weight excluding hydrogens is 382 g/mol. The van der Waals surface area contributed by atoms with Gasteiger partial charge in [0.15, 0.2) is 5.96 Å². The maximum atomic E-state index is 5.41. The van der Waals surface area contributed by atoms with Gasteiger partial charge in [0.2, 0.25) is 5.88 Å². The van der Waals surface area contributed by atoms with Crippen molar-refractivity contribution in [2.45, 2.75) is 25.9 Å². The van der Waals surface area contributed by atoms with Gasteiger partial charge >= 0.3 is 0 Å². The first-order valence-electron chi connectivity index (χ1n) is 10.2. The summed E-state index contributed by atoms with van der Waals surface area (Å²) in [5.74, 6) is 2.98. The first-order valence-corrected chi connectivity index (χ1v) is 10.2. The van der Waals surface area contributed by atoms with Crippen molar-refractivity contribution < 1.29 is 14.2 Å². The first-order chi connectivity index (χ1) is 14.7. The van der Waals surface area contributed by atoms with E-state index < -0.39 is 0 Å². The van der Waals surface area contributed by atoms with Crippen LogP contribution in [0.4, 0.5) is 5.69 Å². The Kier molecular flexibility index (Phi) is 7.59. The van der Waals surface area contributed by atoms with Crippen molar-refractivity contribution in [2.75, 3.05) is 45.9 Å². The number of hydrogen-bond acceptors (Lipinski definition) is 6.